The highest BCUT2D eigenvalue weighted by atomic mass is 35.5. The van der Waals surface area contributed by atoms with Gasteiger partial charge in [-0.25, -0.2) is 4.98 Å². The van der Waals surface area contributed by atoms with Crippen molar-refractivity contribution in [3.05, 3.63) is 41.2 Å². The standard InChI is InChI=1S/C13H12ClNO3/c1-13(2,12(16)17)10-7-15-11(18-10)8-4-3-5-9(14)6-8/h3-7H,1-2H3,(H,16,17). The highest BCUT2D eigenvalue weighted by molar-refractivity contribution is 6.30. The number of aliphatic carboxylic acids is 1. The molecule has 0 unspecified atom stereocenters. The zero-order valence-corrected chi connectivity index (χ0v) is 10.7. The minimum Gasteiger partial charge on any atom is -0.481 e. The molecule has 0 fully saturated rings. The van der Waals surface area contributed by atoms with Gasteiger partial charge in [0.25, 0.3) is 0 Å². The molecule has 0 radical (unpaired) electrons. The van der Waals surface area contributed by atoms with Crippen LogP contribution in [0.2, 0.25) is 5.02 Å². The summed E-state index contributed by atoms with van der Waals surface area (Å²) in [7, 11) is 0. The molecule has 0 saturated heterocycles. The van der Waals surface area contributed by atoms with Crippen molar-refractivity contribution >= 4 is 17.6 Å². The average Bonchev–Trinajstić information content (AvgIpc) is 2.78. The van der Waals surface area contributed by atoms with E-state index in [2.05, 4.69) is 4.98 Å². The molecule has 2 rings (SSSR count). The lowest BCUT2D eigenvalue weighted by Crippen LogP contribution is -2.27. The van der Waals surface area contributed by atoms with Crippen LogP contribution < -0.4 is 0 Å². The summed E-state index contributed by atoms with van der Waals surface area (Å²) in [6.45, 7) is 3.13. The fraction of sp³-hybridized carbons (Fsp3) is 0.231. The SMILES string of the molecule is CC(C)(C(=O)O)c1cnc(-c2cccc(Cl)c2)o1. The lowest BCUT2D eigenvalue weighted by molar-refractivity contribution is -0.143. The summed E-state index contributed by atoms with van der Waals surface area (Å²) in [6, 6.07) is 7.04. The predicted molar refractivity (Wildman–Crippen MR) is 67.6 cm³/mol. The molecule has 0 amide bonds. The summed E-state index contributed by atoms with van der Waals surface area (Å²) < 4.78 is 5.50. The van der Waals surface area contributed by atoms with Gasteiger partial charge in [-0.15, -0.1) is 0 Å². The van der Waals surface area contributed by atoms with Crippen LogP contribution >= 0.6 is 11.6 Å². The Morgan fingerprint density at radius 2 is 2.17 bits per heavy atom. The molecule has 0 saturated carbocycles. The molecule has 0 aliphatic carbocycles. The van der Waals surface area contributed by atoms with Gasteiger partial charge in [0.1, 0.15) is 11.2 Å². The van der Waals surface area contributed by atoms with E-state index >= 15 is 0 Å². The zero-order chi connectivity index (χ0) is 13.3. The highest BCUT2D eigenvalue weighted by Crippen LogP contribution is 2.28. The lowest BCUT2D eigenvalue weighted by atomic mass is 9.91. The molecule has 0 spiro atoms. The Hall–Kier alpha value is -1.81. The Kier molecular flexibility index (Phi) is 3.13. The minimum atomic E-state index is -1.11. The van der Waals surface area contributed by atoms with E-state index in [0.29, 0.717) is 16.7 Å². The van der Waals surface area contributed by atoms with Gasteiger partial charge in [-0.2, -0.15) is 0 Å². The topological polar surface area (TPSA) is 63.3 Å². The molecule has 0 bridgehead atoms. The van der Waals surface area contributed by atoms with Gasteiger partial charge in [-0.3, -0.25) is 4.79 Å². The number of halogens is 1. The van der Waals surface area contributed by atoms with E-state index in [0.717, 1.165) is 5.56 Å². The Morgan fingerprint density at radius 3 is 2.78 bits per heavy atom. The fourth-order valence-corrected chi connectivity index (χ4v) is 1.61. The molecular formula is C13H12ClNO3. The first kappa shape index (κ1) is 12.6. The molecule has 1 heterocycles. The summed E-state index contributed by atoms with van der Waals surface area (Å²) in [4.78, 5) is 15.2. The van der Waals surface area contributed by atoms with Crippen molar-refractivity contribution in [3.8, 4) is 11.5 Å². The third-order valence-electron chi connectivity index (χ3n) is 2.73. The lowest BCUT2D eigenvalue weighted by Gasteiger charge is -2.14. The summed E-state index contributed by atoms with van der Waals surface area (Å²) >= 11 is 5.88. The van der Waals surface area contributed by atoms with E-state index < -0.39 is 11.4 Å². The number of carbonyl (C=O) groups is 1. The van der Waals surface area contributed by atoms with Crippen LogP contribution in [0.5, 0.6) is 0 Å². The number of oxazole rings is 1. The molecule has 4 nitrogen and oxygen atoms in total. The van der Waals surface area contributed by atoms with Crippen LogP contribution in [0, 0.1) is 0 Å². The first-order valence-electron chi connectivity index (χ1n) is 5.37. The number of rotatable bonds is 3. The van der Waals surface area contributed by atoms with E-state index in [1.54, 1.807) is 38.1 Å². The van der Waals surface area contributed by atoms with Crippen molar-refractivity contribution in [2.75, 3.05) is 0 Å². The molecule has 0 atom stereocenters. The first-order valence-corrected chi connectivity index (χ1v) is 5.74. The number of benzene rings is 1. The predicted octanol–water partition coefficient (Wildman–Crippen LogP) is 3.36. The van der Waals surface area contributed by atoms with E-state index in [-0.39, 0.29) is 0 Å². The van der Waals surface area contributed by atoms with Crippen LogP contribution in [-0.2, 0) is 10.2 Å². The Labute approximate surface area is 109 Å². The molecule has 0 aliphatic rings. The molecule has 2 aromatic rings. The smallest absolute Gasteiger partial charge is 0.316 e. The van der Waals surface area contributed by atoms with Crippen molar-refractivity contribution in [1.82, 2.24) is 4.98 Å². The highest BCUT2D eigenvalue weighted by Gasteiger charge is 2.33. The van der Waals surface area contributed by atoms with E-state index in [1.807, 2.05) is 0 Å². The molecule has 0 aliphatic heterocycles. The van der Waals surface area contributed by atoms with E-state index in [9.17, 15) is 4.79 Å². The van der Waals surface area contributed by atoms with Crippen molar-refractivity contribution in [3.63, 3.8) is 0 Å². The number of carboxylic acid groups (broad SMARTS) is 1. The second-order valence-corrected chi connectivity index (χ2v) is 4.91. The normalized spacial score (nSPS) is 11.5. The Balaban J connectivity index is 2.40. The van der Waals surface area contributed by atoms with Crippen molar-refractivity contribution in [1.29, 1.82) is 0 Å². The minimum absolute atomic E-state index is 0.310. The van der Waals surface area contributed by atoms with Gasteiger partial charge in [-0.05, 0) is 32.0 Å². The monoisotopic (exact) mass is 265 g/mol. The maximum Gasteiger partial charge on any atom is 0.316 e. The number of hydrogen-bond donors (Lipinski definition) is 1. The Bertz CT molecular complexity index is 589. The van der Waals surface area contributed by atoms with Gasteiger partial charge in [0.05, 0.1) is 6.20 Å². The van der Waals surface area contributed by atoms with Crippen LogP contribution in [0.15, 0.2) is 34.9 Å². The van der Waals surface area contributed by atoms with E-state index in [4.69, 9.17) is 21.1 Å². The summed E-state index contributed by atoms with van der Waals surface area (Å²) in [5, 5.41) is 9.68. The molecule has 18 heavy (non-hydrogen) atoms. The van der Waals surface area contributed by atoms with Crippen molar-refractivity contribution in [2.24, 2.45) is 0 Å². The molecule has 1 aromatic heterocycles. The number of carboxylic acids is 1. The van der Waals surface area contributed by atoms with Gasteiger partial charge in [-0.1, -0.05) is 17.7 Å². The third kappa shape index (κ3) is 2.24. The summed E-state index contributed by atoms with van der Waals surface area (Å²) in [5.41, 5.74) is -0.390. The maximum atomic E-state index is 11.1. The molecule has 1 aromatic carbocycles. The number of hydrogen-bond acceptors (Lipinski definition) is 3. The Morgan fingerprint density at radius 1 is 1.44 bits per heavy atom. The average molecular weight is 266 g/mol. The first-order chi connectivity index (χ1) is 8.41. The zero-order valence-electron chi connectivity index (χ0n) is 9.98. The van der Waals surface area contributed by atoms with Crippen LogP contribution in [0.1, 0.15) is 19.6 Å². The molecule has 94 valence electrons. The van der Waals surface area contributed by atoms with Crippen LogP contribution in [-0.4, -0.2) is 16.1 Å². The maximum absolute atomic E-state index is 11.1. The number of aromatic nitrogens is 1. The second-order valence-electron chi connectivity index (χ2n) is 4.47. The van der Waals surface area contributed by atoms with Gasteiger partial charge < -0.3 is 9.52 Å². The summed E-state index contributed by atoms with van der Waals surface area (Å²) in [5.74, 6) is -0.289. The third-order valence-corrected chi connectivity index (χ3v) is 2.96. The molecular weight excluding hydrogens is 254 g/mol. The quantitative estimate of drug-likeness (QED) is 0.924. The van der Waals surface area contributed by atoms with Crippen LogP contribution in [0.25, 0.3) is 11.5 Å². The van der Waals surface area contributed by atoms with Gasteiger partial charge in [0.2, 0.25) is 5.89 Å². The van der Waals surface area contributed by atoms with Crippen molar-refractivity contribution < 1.29 is 14.3 Å². The molecule has 5 heteroatoms. The van der Waals surface area contributed by atoms with Gasteiger partial charge in [0.15, 0.2) is 0 Å². The van der Waals surface area contributed by atoms with E-state index in [1.165, 1.54) is 6.20 Å². The summed E-state index contributed by atoms with van der Waals surface area (Å²) in [6.07, 6.45) is 1.43. The number of nitrogens with zero attached hydrogens (tertiary/aromatic N) is 1. The van der Waals surface area contributed by atoms with Gasteiger partial charge >= 0.3 is 5.97 Å². The second kappa shape index (κ2) is 4.46. The fourth-order valence-electron chi connectivity index (χ4n) is 1.42. The van der Waals surface area contributed by atoms with Crippen molar-refractivity contribution in [2.45, 2.75) is 19.3 Å². The van der Waals surface area contributed by atoms with Gasteiger partial charge in [0, 0.05) is 10.6 Å². The molecule has 1 N–H and O–H groups in total. The largest absolute Gasteiger partial charge is 0.481 e. The van der Waals surface area contributed by atoms with Crippen LogP contribution in [0.3, 0.4) is 0 Å². The van der Waals surface area contributed by atoms with Crippen LogP contribution in [0.4, 0.5) is 0 Å².